The third-order valence-electron chi connectivity index (χ3n) is 4.69. The summed E-state index contributed by atoms with van der Waals surface area (Å²) < 4.78 is 0. The van der Waals surface area contributed by atoms with Crippen LogP contribution < -0.4 is 4.90 Å². The highest BCUT2D eigenvalue weighted by Gasteiger charge is 2.47. The molecule has 0 aromatic carbocycles. The van der Waals surface area contributed by atoms with E-state index in [1.54, 1.807) is 6.33 Å². The van der Waals surface area contributed by atoms with Crippen molar-refractivity contribution in [1.29, 1.82) is 0 Å². The Morgan fingerprint density at radius 1 is 1.28 bits per heavy atom. The molecule has 4 heterocycles. The van der Waals surface area contributed by atoms with Crippen LogP contribution in [0.4, 0.5) is 5.82 Å². The number of aromatic nitrogens is 3. The molecule has 2 aliphatic rings. The number of aromatic amines is 1. The van der Waals surface area contributed by atoms with Gasteiger partial charge in [-0.1, -0.05) is 0 Å². The normalized spacial score (nSPS) is 28.2. The highest BCUT2D eigenvalue weighted by Crippen LogP contribution is 2.39. The number of fused-ring (bicyclic) bond motifs is 1. The van der Waals surface area contributed by atoms with Crippen LogP contribution >= 0.6 is 0 Å². The minimum absolute atomic E-state index is 0.410. The van der Waals surface area contributed by atoms with Crippen molar-refractivity contribution >= 4 is 16.9 Å². The average molecular weight is 243 g/mol. The number of hydrogen-bond acceptors (Lipinski definition) is 4. The van der Waals surface area contributed by atoms with Crippen molar-refractivity contribution in [3.8, 4) is 0 Å². The summed E-state index contributed by atoms with van der Waals surface area (Å²) in [6.45, 7) is 3.43. The van der Waals surface area contributed by atoms with Crippen LogP contribution in [0, 0.1) is 0 Å². The first-order chi connectivity index (χ1) is 8.78. The third kappa shape index (κ3) is 1.25. The molecule has 0 aliphatic carbocycles. The number of H-pyrrole nitrogens is 1. The van der Waals surface area contributed by atoms with Crippen LogP contribution in [0.25, 0.3) is 11.0 Å². The molecule has 5 heteroatoms. The molecule has 2 aliphatic heterocycles. The first-order valence-corrected chi connectivity index (χ1v) is 6.53. The highest BCUT2D eigenvalue weighted by molar-refractivity contribution is 5.87. The zero-order valence-electron chi connectivity index (χ0n) is 10.6. The Morgan fingerprint density at radius 3 is 2.89 bits per heavy atom. The van der Waals surface area contributed by atoms with Gasteiger partial charge in [0.25, 0.3) is 0 Å². The Balaban J connectivity index is 1.70. The molecule has 2 aromatic rings. The van der Waals surface area contributed by atoms with Gasteiger partial charge < -0.3 is 9.88 Å². The Kier molecular flexibility index (Phi) is 1.97. The Hall–Kier alpha value is -1.62. The standard InChI is InChI=1S/C13H17N5/c1-17-6-3-13(17)4-7-18(8-13)12-10-2-5-14-11(10)15-9-16-12/h2,5,9H,3-4,6-8H2,1H3,(H,14,15,16). The van der Waals surface area contributed by atoms with Crippen molar-refractivity contribution < 1.29 is 0 Å². The minimum atomic E-state index is 0.410. The lowest BCUT2D eigenvalue weighted by molar-refractivity contribution is 0.0307. The van der Waals surface area contributed by atoms with Gasteiger partial charge in [0.05, 0.1) is 5.39 Å². The highest BCUT2D eigenvalue weighted by atomic mass is 15.3. The van der Waals surface area contributed by atoms with E-state index in [2.05, 4.69) is 37.9 Å². The van der Waals surface area contributed by atoms with Crippen molar-refractivity contribution in [3.63, 3.8) is 0 Å². The Labute approximate surface area is 106 Å². The quantitative estimate of drug-likeness (QED) is 0.818. The van der Waals surface area contributed by atoms with Gasteiger partial charge in [-0.3, -0.25) is 4.90 Å². The van der Waals surface area contributed by atoms with Gasteiger partial charge in [0.15, 0.2) is 0 Å². The summed E-state index contributed by atoms with van der Waals surface area (Å²) >= 11 is 0. The average Bonchev–Trinajstić information content (AvgIpc) is 3.04. The van der Waals surface area contributed by atoms with Crippen molar-refractivity contribution in [2.45, 2.75) is 18.4 Å². The van der Waals surface area contributed by atoms with E-state index in [9.17, 15) is 0 Å². The Bertz CT molecular complexity index is 592. The molecule has 2 saturated heterocycles. The number of likely N-dealkylation sites (tertiary alicyclic amines) is 1. The van der Waals surface area contributed by atoms with Gasteiger partial charge in [-0.2, -0.15) is 0 Å². The van der Waals surface area contributed by atoms with Gasteiger partial charge in [-0.05, 0) is 26.0 Å². The van der Waals surface area contributed by atoms with Crippen LogP contribution in [0.15, 0.2) is 18.6 Å². The van der Waals surface area contributed by atoms with E-state index in [4.69, 9.17) is 0 Å². The molecule has 0 amide bonds. The Morgan fingerprint density at radius 2 is 2.17 bits per heavy atom. The first kappa shape index (κ1) is 10.3. The van der Waals surface area contributed by atoms with Gasteiger partial charge in [-0.15, -0.1) is 0 Å². The molecular weight excluding hydrogens is 226 g/mol. The predicted molar refractivity (Wildman–Crippen MR) is 70.7 cm³/mol. The minimum Gasteiger partial charge on any atom is -0.354 e. The van der Waals surface area contributed by atoms with Crippen LogP contribution in [0.2, 0.25) is 0 Å². The molecule has 1 atom stereocenters. The maximum atomic E-state index is 4.49. The van der Waals surface area contributed by atoms with E-state index in [1.165, 1.54) is 19.4 Å². The second-order valence-corrected chi connectivity index (χ2v) is 5.50. The molecule has 2 aromatic heterocycles. The summed E-state index contributed by atoms with van der Waals surface area (Å²) in [5.41, 5.74) is 1.34. The summed E-state index contributed by atoms with van der Waals surface area (Å²) in [4.78, 5) is 16.8. The lowest BCUT2D eigenvalue weighted by Gasteiger charge is -2.48. The summed E-state index contributed by atoms with van der Waals surface area (Å²) in [7, 11) is 2.23. The molecule has 1 N–H and O–H groups in total. The zero-order chi connectivity index (χ0) is 12.2. The maximum absolute atomic E-state index is 4.49. The van der Waals surface area contributed by atoms with Gasteiger partial charge in [0.2, 0.25) is 0 Å². The van der Waals surface area contributed by atoms with Crippen LogP contribution in [-0.4, -0.2) is 52.1 Å². The third-order valence-corrected chi connectivity index (χ3v) is 4.69. The molecule has 18 heavy (non-hydrogen) atoms. The molecule has 1 unspecified atom stereocenters. The summed E-state index contributed by atoms with van der Waals surface area (Å²) in [5, 5.41) is 1.14. The van der Waals surface area contributed by atoms with E-state index in [-0.39, 0.29) is 0 Å². The first-order valence-electron chi connectivity index (χ1n) is 6.53. The lowest BCUT2D eigenvalue weighted by Crippen LogP contribution is -2.59. The second-order valence-electron chi connectivity index (χ2n) is 5.50. The fraction of sp³-hybridized carbons (Fsp3) is 0.538. The number of hydrogen-bond donors (Lipinski definition) is 1. The molecule has 5 nitrogen and oxygen atoms in total. The number of anilines is 1. The van der Waals surface area contributed by atoms with Crippen LogP contribution in [0.1, 0.15) is 12.8 Å². The fourth-order valence-electron chi connectivity index (χ4n) is 3.32. The maximum Gasteiger partial charge on any atom is 0.142 e. The van der Waals surface area contributed by atoms with Crippen LogP contribution in [-0.2, 0) is 0 Å². The van der Waals surface area contributed by atoms with Gasteiger partial charge in [-0.25, -0.2) is 9.97 Å². The molecule has 1 spiro atoms. The monoisotopic (exact) mass is 243 g/mol. The van der Waals surface area contributed by atoms with Crippen molar-refractivity contribution in [3.05, 3.63) is 18.6 Å². The largest absolute Gasteiger partial charge is 0.354 e. The lowest BCUT2D eigenvalue weighted by atomic mass is 9.85. The van der Waals surface area contributed by atoms with Gasteiger partial charge >= 0.3 is 0 Å². The second kappa shape index (κ2) is 3.45. The molecule has 94 valence electrons. The molecule has 2 fully saturated rings. The smallest absolute Gasteiger partial charge is 0.142 e. The fourth-order valence-corrected chi connectivity index (χ4v) is 3.32. The van der Waals surface area contributed by atoms with Crippen molar-refractivity contribution in [2.24, 2.45) is 0 Å². The van der Waals surface area contributed by atoms with E-state index in [0.29, 0.717) is 5.54 Å². The number of nitrogens with one attached hydrogen (secondary N) is 1. The molecule has 0 saturated carbocycles. The SMILES string of the molecule is CN1CCC12CCN(c1ncnc3[nH]ccc13)C2. The summed E-state index contributed by atoms with van der Waals surface area (Å²) in [5.74, 6) is 1.08. The van der Waals surface area contributed by atoms with Gasteiger partial charge in [0.1, 0.15) is 17.8 Å². The molecule has 0 radical (unpaired) electrons. The van der Waals surface area contributed by atoms with Crippen molar-refractivity contribution in [1.82, 2.24) is 19.9 Å². The molecular formula is C13H17N5. The van der Waals surface area contributed by atoms with Crippen molar-refractivity contribution in [2.75, 3.05) is 31.6 Å². The van der Waals surface area contributed by atoms with E-state index in [0.717, 1.165) is 29.9 Å². The number of rotatable bonds is 1. The summed E-state index contributed by atoms with van der Waals surface area (Å²) in [6, 6.07) is 2.07. The summed E-state index contributed by atoms with van der Waals surface area (Å²) in [6.07, 6.45) is 6.16. The van der Waals surface area contributed by atoms with E-state index in [1.807, 2.05) is 6.20 Å². The van der Waals surface area contributed by atoms with Crippen LogP contribution in [0.3, 0.4) is 0 Å². The van der Waals surface area contributed by atoms with Gasteiger partial charge in [0, 0.05) is 31.4 Å². The molecule has 0 bridgehead atoms. The number of likely N-dealkylation sites (N-methyl/N-ethyl adjacent to an activating group) is 1. The predicted octanol–water partition coefficient (Wildman–Crippen LogP) is 1.24. The van der Waals surface area contributed by atoms with E-state index >= 15 is 0 Å². The van der Waals surface area contributed by atoms with E-state index < -0.39 is 0 Å². The number of nitrogens with zero attached hydrogens (tertiary/aromatic N) is 4. The topological polar surface area (TPSA) is 48.1 Å². The zero-order valence-corrected chi connectivity index (χ0v) is 10.6. The van der Waals surface area contributed by atoms with Crippen LogP contribution in [0.5, 0.6) is 0 Å². The molecule has 4 rings (SSSR count).